The zero-order chi connectivity index (χ0) is 31.8. The molecule has 4 rings (SSSR count). The highest BCUT2D eigenvalue weighted by Gasteiger charge is 2.32. The molecule has 1 heterocycles. The third-order valence-electron chi connectivity index (χ3n) is 6.16. The minimum atomic E-state index is -0.625. The molecule has 14 heteroatoms. The van der Waals surface area contributed by atoms with Gasteiger partial charge in [-0.05, 0) is 107 Å². The van der Waals surface area contributed by atoms with E-state index >= 15 is 0 Å². The van der Waals surface area contributed by atoms with Gasteiger partial charge in [-0.1, -0.05) is 47.5 Å². The molecule has 0 bridgehead atoms. The van der Waals surface area contributed by atoms with Gasteiger partial charge < -0.3 is 24.8 Å². The van der Waals surface area contributed by atoms with Gasteiger partial charge in [0.2, 0.25) is 0 Å². The molecule has 230 valence electrons. The molecule has 1 aliphatic heterocycles. The molecule has 1 amide bonds. The molecular weight excluding hydrogens is 853 g/mol. The summed E-state index contributed by atoms with van der Waals surface area (Å²) in [6, 6.07) is 15.5. The van der Waals surface area contributed by atoms with Crippen molar-refractivity contribution in [2.45, 2.75) is 26.5 Å². The number of thiocarbonyl (C=S) groups is 1. The minimum Gasteiger partial charge on any atom is -0.487 e. The van der Waals surface area contributed by atoms with E-state index in [2.05, 4.69) is 66.3 Å². The largest absolute Gasteiger partial charge is 0.487 e. The van der Waals surface area contributed by atoms with Crippen molar-refractivity contribution in [3.05, 3.63) is 99.7 Å². The average molecular weight is 879 g/mol. The molecule has 0 radical (unpaired) electrons. The molecule has 44 heavy (non-hydrogen) atoms. The molecule has 0 unspecified atom stereocenters. The Morgan fingerprint density at radius 2 is 1.82 bits per heavy atom. The predicted molar refractivity (Wildman–Crippen MR) is 191 cm³/mol. The van der Waals surface area contributed by atoms with Crippen LogP contribution in [0.4, 0.5) is 0 Å². The van der Waals surface area contributed by atoms with Crippen LogP contribution < -0.4 is 25.5 Å². The van der Waals surface area contributed by atoms with Crippen molar-refractivity contribution in [1.29, 1.82) is 0 Å². The molecule has 0 saturated heterocycles. The van der Waals surface area contributed by atoms with Crippen molar-refractivity contribution in [2.24, 2.45) is 5.10 Å². The molecule has 3 N–H and O–H groups in total. The molecular formula is C30H26Cl2I2N4O5S. The maximum atomic E-state index is 12.7. The van der Waals surface area contributed by atoms with Gasteiger partial charge in [0, 0.05) is 26.9 Å². The number of amides is 1. The molecule has 0 saturated carbocycles. The highest BCUT2D eigenvalue weighted by atomic mass is 127. The van der Waals surface area contributed by atoms with Crippen molar-refractivity contribution < 1.29 is 23.8 Å². The monoisotopic (exact) mass is 878 g/mol. The zero-order valence-electron chi connectivity index (χ0n) is 23.4. The van der Waals surface area contributed by atoms with Gasteiger partial charge in [-0.25, -0.2) is 10.2 Å². The second-order valence-electron chi connectivity index (χ2n) is 9.25. The lowest BCUT2D eigenvalue weighted by molar-refractivity contribution is -0.139. The van der Waals surface area contributed by atoms with E-state index in [9.17, 15) is 9.59 Å². The summed E-state index contributed by atoms with van der Waals surface area (Å²) >= 11 is 21.9. The summed E-state index contributed by atoms with van der Waals surface area (Å²) in [5.74, 6) is 0.175. The smallest absolute Gasteiger partial charge is 0.338 e. The van der Waals surface area contributed by atoms with E-state index < -0.39 is 17.9 Å². The van der Waals surface area contributed by atoms with E-state index in [1.165, 1.54) is 6.21 Å². The van der Waals surface area contributed by atoms with E-state index in [0.717, 1.165) is 18.3 Å². The van der Waals surface area contributed by atoms with Crippen molar-refractivity contribution in [3.63, 3.8) is 0 Å². The molecule has 0 fully saturated rings. The highest BCUT2D eigenvalue weighted by molar-refractivity contribution is 14.1. The molecule has 1 atom stereocenters. The molecule has 0 aromatic heterocycles. The van der Waals surface area contributed by atoms with Crippen LogP contribution >= 0.6 is 80.6 Å². The third kappa shape index (κ3) is 8.96. The van der Waals surface area contributed by atoms with Gasteiger partial charge in [0.15, 0.2) is 11.7 Å². The SMILES string of the molecule is CCOC(=O)C1=C(C)NC(=S)N[C@@H]1c1ccccc1OCC(=O)NN=Cc1cc(I)c(OCc2ccc(Cl)cc2Cl)c(I)c1. The Labute approximate surface area is 297 Å². The van der Waals surface area contributed by atoms with Gasteiger partial charge in [0.1, 0.15) is 18.1 Å². The number of hydrazone groups is 1. The van der Waals surface area contributed by atoms with Gasteiger partial charge in [0.25, 0.3) is 5.91 Å². The lowest BCUT2D eigenvalue weighted by Crippen LogP contribution is -2.45. The van der Waals surface area contributed by atoms with Crippen LogP contribution in [0.25, 0.3) is 0 Å². The molecule has 0 aliphatic carbocycles. The number of hydrogen-bond acceptors (Lipinski definition) is 7. The summed E-state index contributed by atoms with van der Waals surface area (Å²) in [6.45, 7) is 3.69. The maximum Gasteiger partial charge on any atom is 0.338 e. The number of carbonyl (C=O) groups excluding carboxylic acids is 2. The fourth-order valence-electron chi connectivity index (χ4n) is 4.19. The summed E-state index contributed by atoms with van der Waals surface area (Å²) < 4.78 is 18.9. The number of rotatable bonds is 11. The topological polar surface area (TPSA) is 110 Å². The Morgan fingerprint density at radius 1 is 1.09 bits per heavy atom. The van der Waals surface area contributed by atoms with Crippen molar-refractivity contribution >= 4 is 104 Å². The molecule has 9 nitrogen and oxygen atoms in total. The number of para-hydroxylation sites is 1. The summed E-state index contributed by atoms with van der Waals surface area (Å²) in [6.07, 6.45) is 1.54. The third-order valence-corrected chi connectivity index (χ3v) is 8.57. The Kier molecular flexibility index (Phi) is 12.5. The van der Waals surface area contributed by atoms with Gasteiger partial charge in [-0.15, -0.1) is 0 Å². The van der Waals surface area contributed by atoms with Gasteiger partial charge >= 0.3 is 5.97 Å². The number of hydrogen-bond donors (Lipinski definition) is 3. The van der Waals surface area contributed by atoms with Crippen LogP contribution in [0.15, 0.2) is 71.0 Å². The van der Waals surface area contributed by atoms with E-state index in [0.29, 0.717) is 43.5 Å². The first-order valence-corrected chi connectivity index (χ1v) is 16.4. The Bertz CT molecular complexity index is 1630. The summed E-state index contributed by atoms with van der Waals surface area (Å²) in [7, 11) is 0. The second-order valence-corrected chi connectivity index (χ2v) is 12.8. The Balaban J connectivity index is 1.38. The normalized spacial score (nSPS) is 14.6. The van der Waals surface area contributed by atoms with Crippen LogP contribution in [0.1, 0.15) is 36.6 Å². The first-order chi connectivity index (χ1) is 21.1. The number of benzene rings is 3. The lowest BCUT2D eigenvalue weighted by Gasteiger charge is -2.30. The quantitative estimate of drug-likeness (QED) is 0.0646. The number of allylic oxidation sites excluding steroid dienone is 1. The fourth-order valence-corrected chi connectivity index (χ4v) is 7.05. The van der Waals surface area contributed by atoms with Crippen molar-refractivity contribution in [3.8, 4) is 11.5 Å². The standard InChI is InChI=1S/C30H26Cl2I2N4O5S/c1-3-41-29(40)26-16(2)36-30(44)37-27(26)20-6-4-5-7-24(20)42-15-25(39)38-35-13-17-10-22(33)28(23(34)11-17)43-14-18-8-9-19(31)12-21(18)32/h4-13,27H,3,14-15H2,1-2H3,(H,38,39)(H2,36,37,44)/t27-/m1/s1. The van der Waals surface area contributed by atoms with Gasteiger partial charge in [0.05, 0.1) is 31.6 Å². The highest BCUT2D eigenvalue weighted by Crippen LogP contribution is 2.34. The summed E-state index contributed by atoms with van der Waals surface area (Å²) in [4.78, 5) is 25.3. The molecule has 3 aromatic carbocycles. The van der Waals surface area contributed by atoms with Crippen molar-refractivity contribution in [2.75, 3.05) is 13.2 Å². The van der Waals surface area contributed by atoms with Crippen LogP contribution in [-0.4, -0.2) is 36.4 Å². The fraction of sp³-hybridized carbons (Fsp3) is 0.200. The molecule has 3 aromatic rings. The number of carbonyl (C=O) groups is 2. The number of halogens is 4. The number of nitrogens with zero attached hydrogens (tertiary/aromatic N) is 1. The first kappa shape index (κ1) is 34.2. The van der Waals surface area contributed by atoms with E-state index in [1.807, 2.05) is 24.3 Å². The predicted octanol–water partition coefficient (Wildman–Crippen LogP) is 6.67. The van der Waals surface area contributed by atoms with Gasteiger partial charge in [-0.2, -0.15) is 5.10 Å². The van der Waals surface area contributed by atoms with Crippen molar-refractivity contribution in [1.82, 2.24) is 16.1 Å². The lowest BCUT2D eigenvalue weighted by atomic mass is 9.95. The summed E-state index contributed by atoms with van der Waals surface area (Å²) in [5, 5.41) is 11.6. The zero-order valence-corrected chi connectivity index (χ0v) is 30.0. The number of nitrogens with one attached hydrogen (secondary N) is 3. The molecule has 1 aliphatic rings. The van der Waals surface area contributed by atoms with E-state index in [4.69, 9.17) is 49.6 Å². The Morgan fingerprint density at radius 3 is 2.52 bits per heavy atom. The van der Waals surface area contributed by atoms with Gasteiger partial charge in [-0.3, -0.25) is 4.79 Å². The minimum absolute atomic E-state index is 0.224. The Hall–Kier alpha value is -2.66. The maximum absolute atomic E-state index is 12.7. The van der Waals surface area contributed by atoms with Crippen LogP contribution in [0.2, 0.25) is 10.0 Å². The average Bonchev–Trinajstić information content (AvgIpc) is 2.96. The van der Waals surface area contributed by atoms with Crippen LogP contribution in [-0.2, 0) is 20.9 Å². The number of ether oxygens (including phenoxy) is 3. The first-order valence-electron chi connectivity index (χ1n) is 13.1. The van der Waals surface area contributed by atoms with E-state index in [-0.39, 0.29) is 19.8 Å². The summed E-state index contributed by atoms with van der Waals surface area (Å²) in [5.41, 5.74) is 5.65. The van der Waals surface area contributed by atoms with Crippen LogP contribution in [0.5, 0.6) is 11.5 Å². The van der Waals surface area contributed by atoms with E-state index in [1.54, 1.807) is 44.2 Å². The number of esters is 1. The molecule has 0 spiro atoms. The second kappa shape index (κ2) is 16.1. The van der Waals surface area contributed by atoms with Crippen LogP contribution in [0, 0.1) is 7.14 Å². The van der Waals surface area contributed by atoms with Crippen LogP contribution in [0.3, 0.4) is 0 Å².